The number of aromatic nitrogens is 1. The molecule has 0 unspecified atom stereocenters. The number of nitrogens with zero attached hydrogens (tertiary/aromatic N) is 1. The third-order valence-electron chi connectivity index (χ3n) is 5.10. The molecule has 0 aliphatic heterocycles. The number of benzene rings is 3. The smallest absolute Gasteiger partial charge is 0.257 e. The molecule has 3 aromatic carbocycles. The first-order valence-corrected chi connectivity index (χ1v) is 9.75. The van der Waals surface area contributed by atoms with Crippen LogP contribution in [0.5, 0.6) is 0 Å². The molecule has 0 fully saturated rings. The molecule has 150 valence electrons. The Bertz CT molecular complexity index is 1260. The number of aliphatic hydroxyl groups excluding tert-OH is 1. The van der Waals surface area contributed by atoms with Crippen LogP contribution < -0.4 is 10.7 Å². The fraction of sp³-hybridized carbons (Fsp3) is 0.120. The Labute approximate surface area is 174 Å². The Morgan fingerprint density at radius 3 is 2.37 bits per heavy atom. The minimum Gasteiger partial charge on any atom is -0.392 e. The van der Waals surface area contributed by atoms with Gasteiger partial charge in [0.1, 0.15) is 5.56 Å². The molecular weight excluding hydrogens is 376 g/mol. The first-order valence-electron chi connectivity index (χ1n) is 9.75. The molecule has 1 amide bonds. The highest BCUT2D eigenvalue weighted by Gasteiger charge is 2.16. The first-order chi connectivity index (χ1) is 14.6. The predicted octanol–water partition coefficient (Wildman–Crippen LogP) is 3.72. The van der Waals surface area contributed by atoms with Gasteiger partial charge in [-0.25, -0.2) is 0 Å². The largest absolute Gasteiger partial charge is 0.392 e. The number of para-hydroxylation sites is 1. The van der Waals surface area contributed by atoms with Gasteiger partial charge in [0.15, 0.2) is 0 Å². The van der Waals surface area contributed by atoms with Crippen molar-refractivity contribution in [3.8, 4) is 5.69 Å². The second-order valence-electron chi connectivity index (χ2n) is 7.26. The van der Waals surface area contributed by atoms with Crippen molar-refractivity contribution in [2.75, 3.05) is 0 Å². The number of amides is 1. The van der Waals surface area contributed by atoms with E-state index >= 15 is 0 Å². The van der Waals surface area contributed by atoms with Crippen LogP contribution in [0.15, 0.2) is 83.8 Å². The topological polar surface area (TPSA) is 71.3 Å². The molecule has 1 heterocycles. The second kappa shape index (κ2) is 8.35. The standard InChI is InChI=1S/C25H22N2O3/c1-17-7-9-18(10-8-17)14-26-25(30)22-15-27(20-5-3-2-4-6-20)23-12-11-19(16-28)13-21(23)24(22)29/h2-13,15,28H,14,16H2,1H3,(H,26,30). The summed E-state index contributed by atoms with van der Waals surface area (Å²) in [5, 5.41) is 12.7. The van der Waals surface area contributed by atoms with Crippen LogP contribution in [0.1, 0.15) is 27.0 Å². The summed E-state index contributed by atoms with van der Waals surface area (Å²) in [5.41, 5.74) is 3.95. The Kier molecular flexibility index (Phi) is 5.46. The van der Waals surface area contributed by atoms with Crippen molar-refractivity contribution < 1.29 is 9.90 Å². The number of nitrogens with one attached hydrogen (secondary N) is 1. The molecule has 0 spiro atoms. The predicted molar refractivity (Wildman–Crippen MR) is 118 cm³/mol. The van der Waals surface area contributed by atoms with Gasteiger partial charge in [-0.1, -0.05) is 54.1 Å². The van der Waals surface area contributed by atoms with Crippen molar-refractivity contribution in [1.29, 1.82) is 0 Å². The maximum absolute atomic E-state index is 13.1. The molecular formula is C25H22N2O3. The lowest BCUT2D eigenvalue weighted by Gasteiger charge is -2.14. The van der Waals surface area contributed by atoms with Crippen LogP contribution >= 0.6 is 0 Å². The molecule has 5 heteroatoms. The summed E-state index contributed by atoms with van der Waals surface area (Å²) >= 11 is 0. The molecule has 0 aliphatic rings. The van der Waals surface area contributed by atoms with Crippen LogP contribution in [0.25, 0.3) is 16.6 Å². The SMILES string of the molecule is Cc1ccc(CNC(=O)c2cn(-c3ccccc3)c3ccc(CO)cc3c2=O)cc1. The molecule has 0 bridgehead atoms. The average molecular weight is 398 g/mol. The number of hydrogen-bond acceptors (Lipinski definition) is 3. The van der Waals surface area contributed by atoms with Crippen LogP contribution in [0.3, 0.4) is 0 Å². The number of carbonyl (C=O) groups excluding carboxylic acids is 1. The Morgan fingerprint density at radius 2 is 1.67 bits per heavy atom. The monoisotopic (exact) mass is 398 g/mol. The van der Waals surface area contributed by atoms with E-state index in [1.54, 1.807) is 24.4 Å². The van der Waals surface area contributed by atoms with E-state index < -0.39 is 5.91 Å². The number of hydrogen-bond donors (Lipinski definition) is 2. The highest BCUT2D eigenvalue weighted by atomic mass is 16.3. The van der Waals surface area contributed by atoms with E-state index in [1.807, 2.05) is 66.1 Å². The third kappa shape index (κ3) is 3.88. The van der Waals surface area contributed by atoms with Gasteiger partial charge in [0, 0.05) is 23.8 Å². The lowest BCUT2D eigenvalue weighted by atomic mass is 10.1. The molecule has 0 saturated heterocycles. The van der Waals surface area contributed by atoms with E-state index in [9.17, 15) is 14.7 Å². The zero-order chi connectivity index (χ0) is 21.1. The van der Waals surface area contributed by atoms with E-state index in [-0.39, 0.29) is 17.6 Å². The summed E-state index contributed by atoms with van der Waals surface area (Å²) in [7, 11) is 0. The molecule has 0 saturated carbocycles. The van der Waals surface area contributed by atoms with Crippen molar-refractivity contribution in [1.82, 2.24) is 9.88 Å². The van der Waals surface area contributed by atoms with Crippen LogP contribution in [0.4, 0.5) is 0 Å². The summed E-state index contributed by atoms with van der Waals surface area (Å²) in [6.45, 7) is 2.16. The normalized spacial score (nSPS) is 10.9. The molecule has 30 heavy (non-hydrogen) atoms. The van der Waals surface area contributed by atoms with Crippen LogP contribution in [0, 0.1) is 6.92 Å². The fourth-order valence-electron chi connectivity index (χ4n) is 3.42. The van der Waals surface area contributed by atoms with Crippen molar-refractivity contribution in [3.63, 3.8) is 0 Å². The highest BCUT2D eigenvalue weighted by Crippen LogP contribution is 2.19. The molecule has 4 aromatic rings. The Balaban J connectivity index is 1.78. The van der Waals surface area contributed by atoms with Gasteiger partial charge in [-0.2, -0.15) is 0 Å². The summed E-state index contributed by atoms with van der Waals surface area (Å²) in [6, 6.07) is 22.6. The molecule has 0 aliphatic carbocycles. The zero-order valence-corrected chi connectivity index (χ0v) is 16.6. The summed E-state index contributed by atoms with van der Waals surface area (Å²) in [5.74, 6) is -0.429. The minimum absolute atomic E-state index is 0.0635. The Morgan fingerprint density at radius 1 is 0.967 bits per heavy atom. The lowest BCUT2D eigenvalue weighted by molar-refractivity contribution is 0.0949. The quantitative estimate of drug-likeness (QED) is 0.538. The minimum atomic E-state index is -0.429. The molecule has 4 rings (SSSR count). The third-order valence-corrected chi connectivity index (χ3v) is 5.10. The van der Waals surface area contributed by atoms with Crippen LogP contribution in [-0.4, -0.2) is 15.6 Å². The summed E-state index contributed by atoms with van der Waals surface area (Å²) in [4.78, 5) is 26.0. The molecule has 5 nitrogen and oxygen atoms in total. The van der Waals surface area contributed by atoms with Gasteiger partial charge in [-0.3, -0.25) is 9.59 Å². The van der Waals surface area contributed by atoms with Gasteiger partial charge in [0.05, 0.1) is 12.1 Å². The van der Waals surface area contributed by atoms with Crippen molar-refractivity contribution in [2.24, 2.45) is 0 Å². The number of aliphatic hydroxyl groups is 1. The van der Waals surface area contributed by atoms with Gasteiger partial charge in [0.2, 0.25) is 5.43 Å². The Hall–Kier alpha value is -3.70. The molecule has 0 atom stereocenters. The van der Waals surface area contributed by atoms with Gasteiger partial charge < -0.3 is 15.0 Å². The van der Waals surface area contributed by atoms with Crippen LogP contribution in [-0.2, 0) is 13.2 Å². The maximum Gasteiger partial charge on any atom is 0.257 e. The van der Waals surface area contributed by atoms with E-state index in [4.69, 9.17) is 0 Å². The summed E-state index contributed by atoms with van der Waals surface area (Å²) < 4.78 is 1.83. The van der Waals surface area contributed by atoms with Crippen molar-refractivity contribution in [2.45, 2.75) is 20.1 Å². The number of fused-ring (bicyclic) bond motifs is 1. The van der Waals surface area contributed by atoms with Crippen LogP contribution in [0.2, 0.25) is 0 Å². The second-order valence-corrected chi connectivity index (χ2v) is 7.26. The van der Waals surface area contributed by atoms with Gasteiger partial charge >= 0.3 is 0 Å². The van der Waals surface area contributed by atoms with Gasteiger partial charge in [0.25, 0.3) is 5.91 Å². The lowest BCUT2D eigenvalue weighted by Crippen LogP contribution is -2.29. The van der Waals surface area contributed by atoms with Gasteiger partial charge in [-0.05, 0) is 42.3 Å². The average Bonchev–Trinajstić information content (AvgIpc) is 2.79. The van der Waals surface area contributed by atoms with E-state index in [2.05, 4.69) is 5.32 Å². The molecule has 0 radical (unpaired) electrons. The summed E-state index contributed by atoms with van der Waals surface area (Å²) in [6.07, 6.45) is 1.59. The molecule has 1 aromatic heterocycles. The zero-order valence-electron chi connectivity index (χ0n) is 16.6. The fourth-order valence-corrected chi connectivity index (χ4v) is 3.42. The van der Waals surface area contributed by atoms with Crippen molar-refractivity contribution >= 4 is 16.8 Å². The maximum atomic E-state index is 13.1. The van der Waals surface area contributed by atoms with E-state index in [0.29, 0.717) is 23.0 Å². The van der Waals surface area contributed by atoms with Gasteiger partial charge in [-0.15, -0.1) is 0 Å². The van der Waals surface area contributed by atoms with Crippen molar-refractivity contribution in [3.05, 3.63) is 111 Å². The number of pyridine rings is 1. The highest BCUT2D eigenvalue weighted by molar-refractivity contribution is 5.97. The number of carbonyl (C=O) groups is 1. The van der Waals surface area contributed by atoms with E-state index in [1.165, 1.54) is 0 Å². The molecule has 2 N–H and O–H groups in total. The number of rotatable bonds is 5. The first kappa shape index (κ1) is 19.6. The van der Waals surface area contributed by atoms with E-state index in [0.717, 1.165) is 16.8 Å². The number of aryl methyl sites for hydroxylation is 1.